The molecule has 1 heterocycles. The molecule has 0 radical (unpaired) electrons. The van der Waals surface area contributed by atoms with E-state index in [2.05, 4.69) is 22.5 Å². The lowest BCUT2D eigenvalue weighted by molar-refractivity contribution is -0.132. The number of hydrogen-bond donors (Lipinski definition) is 2. The first-order chi connectivity index (χ1) is 15.0. The summed E-state index contributed by atoms with van der Waals surface area (Å²) in [6.45, 7) is 6.21. The number of ether oxygens (including phenoxy) is 1. The van der Waals surface area contributed by atoms with E-state index in [-0.39, 0.29) is 24.1 Å². The third kappa shape index (κ3) is 7.94. The summed E-state index contributed by atoms with van der Waals surface area (Å²) in [5, 5.41) is 6.40. The van der Waals surface area contributed by atoms with Crippen molar-refractivity contribution in [3.05, 3.63) is 0 Å². The van der Waals surface area contributed by atoms with E-state index in [0.29, 0.717) is 12.5 Å². The highest BCUT2D eigenvalue weighted by Crippen LogP contribution is 2.29. The summed E-state index contributed by atoms with van der Waals surface area (Å²) in [5.41, 5.74) is 0. The van der Waals surface area contributed by atoms with Crippen LogP contribution in [-0.4, -0.2) is 73.8 Å². The molecule has 2 N–H and O–H groups in total. The van der Waals surface area contributed by atoms with E-state index in [1.54, 1.807) is 6.92 Å². The number of nitrogens with one attached hydrogen (secondary N) is 2. The predicted molar refractivity (Wildman–Crippen MR) is 125 cm³/mol. The van der Waals surface area contributed by atoms with Gasteiger partial charge < -0.3 is 25.2 Å². The summed E-state index contributed by atoms with van der Waals surface area (Å²) in [6.07, 6.45) is 11.7. The topological polar surface area (TPSA) is 73.9 Å². The van der Waals surface area contributed by atoms with Crippen LogP contribution in [0.5, 0.6) is 0 Å². The van der Waals surface area contributed by atoms with Crippen LogP contribution in [0.4, 0.5) is 4.79 Å². The minimum absolute atomic E-state index is 0.0829. The average Bonchev–Trinajstić information content (AvgIpc) is 2.79. The maximum atomic E-state index is 13.8. The van der Waals surface area contributed by atoms with Crippen LogP contribution in [-0.2, 0) is 9.53 Å². The molecule has 2 unspecified atom stereocenters. The number of urea groups is 1. The fraction of sp³-hybridized carbons (Fsp3) is 0.917. The van der Waals surface area contributed by atoms with Gasteiger partial charge in [-0.1, -0.05) is 45.4 Å². The largest absolute Gasteiger partial charge is 0.372 e. The SMILES string of the molecule is CCCCN(C(=O)N1CCCCC1NC(=O)C(C)OC)[C@H](CNC)CC1CCCCC1. The van der Waals surface area contributed by atoms with Crippen LogP contribution in [0.25, 0.3) is 0 Å². The minimum Gasteiger partial charge on any atom is -0.372 e. The van der Waals surface area contributed by atoms with E-state index in [9.17, 15) is 9.59 Å². The lowest BCUT2D eigenvalue weighted by atomic mass is 9.84. The second-order valence-corrected chi connectivity index (χ2v) is 9.37. The fourth-order valence-corrected chi connectivity index (χ4v) is 4.99. The molecule has 0 aromatic carbocycles. The third-order valence-electron chi connectivity index (χ3n) is 6.99. The summed E-state index contributed by atoms with van der Waals surface area (Å²) >= 11 is 0. The molecule has 7 heteroatoms. The summed E-state index contributed by atoms with van der Waals surface area (Å²) in [5.74, 6) is 0.560. The number of hydrogen-bond acceptors (Lipinski definition) is 4. The number of unbranched alkanes of at least 4 members (excludes halogenated alkanes) is 1. The average molecular weight is 439 g/mol. The van der Waals surface area contributed by atoms with Crippen LogP contribution >= 0.6 is 0 Å². The Hall–Kier alpha value is -1.34. The highest BCUT2D eigenvalue weighted by atomic mass is 16.5. The van der Waals surface area contributed by atoms with Gasteiger partial charge in [0.2, 0.25) is 5.91 Å². The number of likely N-dealkylation sites (N-methyl/N-ethyl adjacent to an activating group) is 1. The molecular weight excluding hydrogens is 392 g/mol. The lowest BCUT2D eigenvalue weighted by Gasteiger charge is -2.43. The van der Waals surface area contributed by atoms with Crippen LogP contribution in [0.2, 0.25) is 0 Å². The van der Waals surface area contributed by atoms with Crippen LogP contribution in [0.15, 0.2) is 0 Å². The van der Waals surface area contributed by atoms with E-state index in [4.69, 9.17) is 4.74 Å². The van der Waals surface area contributed by atoms with E-state index in [1.807, 2.05) is 11.9 Å². The predicted octanol–water partition coefficient (Wildman–Crippen LogP) is 3.73. The molecule has 1 saturated carbocycles. The standard InChI is InChI=1S/C24H46N4O3/c1-5-6-15-27(21(18-25-3)17-20-12-8-7-9-13-20)24(30)28-16-11-10-14-22(28)26-23(29)19(2)31-4/h19-22,25H,5-18H2,1-4H3,(H,26,29)/t19?,21-,22?/m0/s1. The van der Waals surface area contributed by atoms with Gasteiger partial charge in [0.05, 0.1) is 0 Å². The second-order valence-electron chi connectivity index (χ2n) is 9.37. The Morgan fingerprint density at radius 2 is 1.84 bits per heavy atom. The van der Waals surface area contributed by atoms with Gasteiger partial charge in [0, 0.05) is 32.8 Å². The molecule has 2 rings (SSSR count). The zero-order chi connectivity index (χ0) is 22.6. The fourth-order valence-electron chi connectivity index (χ4n) is 4.99. The molecule has 2 fully saturated rings. The summed E-state index contributed by atoms with van der Waals surface area (Å²) < 4.78 is 5.17. The molecule has 7 nitrogen and oxygen atoms in total. The molecule has 0 spiro atoms. The Balaban J connectivity index is 2.15. The molecule has 3 atom stereocenters. The maximum absolute atomic E-state index is 13.8. The van der Waals surface area contributed by atoms with Gasteiger partial charge in [-0.25, -0.2) is 4.79 Å². The van der Waals surface area contributed by atoms with Crippen molar-refractivity contribution in [3.63, 3.8) is 0 Å². The number of rotatable bonds is 11. The first-order valence-corrected chi connectivity index (χ1v) is 12.6. The van der Waals surface area contributed by atoms with E-state index >= 15 is 0 Å². The molecule has 1 aliphatic heterocycles. The maximum Gasteiger partial charge on any atom is 0.321 e. The van der Waals surface area contributed by atoms with E-state index in [0.717, 1.165) is 51.6 Å². The zero-order valence-corrected chi connectivity index (χ0v) is 20.3. The molecular formula is C24H46N4O3. The number of amides is 3. The van der Waals surface area contributed by atoms with Crippen molar-refractivity contribution >= 4 is 11.9 Å². The molecule has 0 aromatic heterocycles. The zero-order valence-electron chi connectivity index (χ0n) is 20.3. The van der Waals surface area contributed by atoms with Gasteiger partial charge in [0.25, 0.3) is 0 Å². The number of likely N-dealkylation sites (tertiary alicyclic amines) is 1. The molecule has 0 bridgehead atoms. The summed E-state index contributed by atoms with van der Waals surface area (Å²) in [6, 6.07) is 0.280. The van der Waals surface area contributed by atoms with Gasteiger partial charge in [-0.05, 0) is 52.0 Å². The van der Waals surface area contributed by atoms with Crippen molar-refractivity contribution in [1.82, 2.24) is 20.4 Å². The molecule has 2 aliphatic rings. The normalized spacial score (nSPS) is 22.1. The smallest absolute Gasteiger partial charge is 0.321 e. The highest BCUT2D eigenvalue weighted by Gasteiger charge is 2.35. The molecule has 31 heavy (non-hydrogen) atoms. The molecule has 0 aromatic rings. The monoisotopic (exact) mass is 438 g/mol. The quantitative estimate of drug-likeness (QED) is 0.515. The van der Waals surface area contributed by atoms with Crippen molar-refractivity contribution < 1.29 is 14.3 Å². The number of nitrogens with zero attached hydrogens (tertiary/aromatic N) is 2. The van der Waals surface area contributed by atoms with Crippen LogP contribution in [0.3, 0.4) is 0 Å². The molecule has 1 saturated heterocycles. The summed E-state index contributed by atoms with van der Waals surface area (Å²) in [4.78, 5) is 30.3. The van der Waals surface area contributed by atoms with Gasteiger partial charge in [-0.3, -0.25) is 4.79 Å². The molecule has 3 amide bonds. The van der Waals surface area contributed by atoms with Gasteiger partial charge in [0.15, 0.2) is 0 Å². The summed E-state index contributed by atoms with van der Waals surface area (Å²) in [7, 11) is 3.51. The molecule has 1 aliphatic carbocycles. The van der Waals surface area contributed by atoms with Gasteiger partial charge in [-0.15, -0.1) is 0 Å². The Morgan fingerprint density at radius 3 is 2.48 bits per heavy atom. The lowest BCUT2D eigenvalue weighted by Crippen LogP contribution is -2.60. The van der Waals surface area contributed by atoms with Crippen molar-refractivity contribution in [3.8, 4) is 0 Å². The van der Waals surface area contributed by atoms with Gasteiger partial charge in [0.1, 0.15) is 12.3 Å². The van der Waals surface area contributed by atoms with Crippen LogP contribution in [0.1, 0.15) is 84.5 Å². The van der Waals surface area contributed by atoms with Crippen molar-refractivity contribution in [2.24, 2.45) is 5.92 Å². The van der Waals surface area contributed by atoms with Gasteiger partial charge in [-0.2, -0.15) is 0 Å². The Morgan fingerprint density at radius 1 is 1.13 bits per heavy atom. The number of methoxy groups -OCH3 is 1. The third-order valence-corrected chi connectivity index (χ3v) is 6.99. The highest BCUT2D eigenvalue weighted by molar-refractivity contribution is 5.82. The number of carbonyl (C=O) groups is 2. The number of piperidine rings is 1. The Bertz CT molecular complexity index is 539. The van der Waals surface area contributed by atoms with Crippen molar-refractivity contribution in [2.75, 3.05) is 33.8 Å². The van der Waals surface area contributed by atoms with Crippen LogP contribution in [0, 0.1) is 5.92 Å². The molecule has 180 valence electrons. The first kappa shape index (κ1) is 25.9. The van der Waals surface area contributed by atoms with Crippen molar-refractivity contribution in [2.45, 2.75) is 103 Å². The van der Waals surface area contributed by atoms with Crippen LogP contribution < -0.4 is 10.6 Å². The minimum atomic E-state index is -0.515. The Kier molecular flexibility index (Phi) is 11.7. The Labute approximate surface area is 189 Å². The first-order valence-electron chi connectivity index (χ1n) is 12.6. The second kappa shape index (κ2) is 13.9. The van der Waals surface area contributed by atoms with E-state index < -0.39 is 6.10 Å². The van der Waals surface area contributed by atoms with E-state index in [1.165, 1.54) is 39.2 Å². The van der Waals surface area contributed by atoms with Gasteiger partial charge >= 0.3 is 6.03 Å². The number of carbonyl (C=O) groups excluding carboxylic acids is 2. The van der Waals surface area contributed by atoms with Crippen molar-refractivity contribution in [1.29, 1.82) is 0 Å².